The number of nitrogens with one attached hydrogen (secondary N) is 1. The number of anilines is 1. The minimum Gasteiger partial charge on any atom is -0.496 e. The average molecular weight is 492 g/mol. The van der Waals surface area contributed by atoms with Crippen molar-refractivity contribution < 1.29 is 18.7 Å². The number of hydrogen-bond acceptors (Lipinski definition) is 4. The molecule has 178 valence electrons. The summed E-state index contributed by atoms with van der Waals surface area (Å²) in [6.07, 6.45) is 4.59. The molecular weight excluding hydrogens is 469 g/mol. The van der Waals surface area contributed by atoms with Crippen LogP contribution < -0.4 is 14.8 Å². The van der Waals surface area contributed by atoms with E-state index >= 15 is 0 Å². The van der Waals surface area contributed by atoms with Crippen LogP contribution in [0.3, 0.4) is 0 Å². The van der Waals surface area contributed by atoms with E-state index < -0.39 is 5.91 Å². The van der Waals surface area contributed by atoms with E-state index in [9.17, 15) is 9.18 Å². The zero-order chi connectivity index (χ0) is 24.6. The molecule has 3 aromatic carbocycles. The highest BCUT2D eigenvalue weighted by Crippen LogP contribution is 2.24. The Bertz CT molecular complexity index is 1340. The smallest absolute Gasteiger partial charge is 0.249 e. The number of halogens is 2. The second-order valence-corrected chi connectivity index (χ2v) is 8.02. The summed E-state index contributed by atoms with van der Waals surface area (Å²) in [7, 11) is 1.60. The lowest BCUT2D eigenvalue weighted by molar-refractivity contribution is -0.111. The van der Waals surface area contributed by atoms with Crippen molar-refractivity contribution in [2.45, 2.75) is 13.2 Å². The van der Waals surface area contributed by atoms with Gasteiger partial charge in [0.15, 0.2) is 5.82 Å². The Labute approximate surface area is 207 Å². The molecule has 8 heteroatoms. The molecule has 0 aliphatic carbocycles. The molecule has 0 radical (unpaired) electrons. The Kier molecular flexibility index (Phi) is 7.80. The van der Waals surface area contributed by atoms with E-state index in [2.05, 4.69) is 10.4 Å². The summed E-state index contributed by atoms with van der Waals surface area (Å²) < 4.78 is 26.6. The van der Waals surface area contributed by atoms with Gasteiger partial charge in [-0.15, -0.1) is 0 Å². The van der Waals surface area contributed by atoms with Gasteiger partial charge in [0.25, 0.3) is 0 Å². The zero-order valence-corrected chi connectivity index (χ0v) is 19.7. The van der Waals surface area contributed by atoms with Gasteiger partial charge in [0.05, 0.1) is 13.7 Å². The van der Waals surface area contributed by atoms with Crippen molar-refractivity contribution in [2.75, 3.05) is 12.4 Å². The largest absolute Gasteiger partial charge is 0.496 e. The topological polar surface area (TPSA) is 65.4 Å². The van der Waals surface area contributed by atoms with Crippen LogP contribution in [0.25, 0.3) is 6.08 Å². The summed E-state index contributed by atoms with van der Waals surface area (Å²) in [6.45, 7) is 0.508. The lowest BCUT2D eigenvalue weighted by Gasteiger charge is -2.11. The van der Waals surface area contributed by atoms with Crippen LogP contribution in [0.1, 0.15) is 16.7 Å². The standard InChI is InChI=1S/C27H23ClFN3O3/c1-34-25-13-11-19(15-21(25)18-35-22-8-3-2-4-9-22)12-14-26(33)30-27-23(28)17-32(31-27)16-20-7-5-6-10-24(20)29/h2-15,17H,16,18H2,1H3,(H,30,31,33)/b14-12+. The maximum Gasteiger partial charge on any atom is 0.249 e. The number of methoxy groups -OCH3 is 1. The van der Waals surface area contributed by atoms with Crippen LogP contribution in [0, 0.1) is 5.82 Å². The molecule has 0 atom stereocenters. The summed E-state index contributed by atoms with van der Waals surface area (Å²) in [5.74, 6) is 0.904. The molecule has 0 bridgehead atoms. The monoisotopic (exact) mass is 491 g/mol. The second-order valence-electron chi connectivity index (χ2n) is 7.61. The fourth-order valence-corrected chi connectivity index (χ4v) is 3.58. The van der Waals surface area contributed by atoms with Gasteiger partial charge >= 0.3 is 0 Å². The number of nitrogens with zero attached hydrogens (tertiary/aromatic N) is 2. The van der Waals surface area contributed by atoms with Crippen molar-refractivity contribution in [3.8, 4) is 11.5 Å². The Morgan fingerprint density at radius 3 is 2.63 bits per heavy atom. The number of amides is 1. The van der Waals surface area contributed by atoms with Crippen molar-refractivity contribution in [3.63, 3.8) is 0 Å². The molecule has 35 heavy (non-hydrogen) atoms. The molecule has 0 saturated carbocycles. The third-order valence-electron chi connectivity index (χ3n) is 5.12. The Morgan fingerprint density at radius 2 is 1.86 bits per heavy atom. The van der Waals surface area contributed by atoms with Gasteiger partial charge in [-0.2, -0.15) is 5.10 Å². The first kappa shape index (κ1) is 24.0. The van der Waals surface area contributed by atoms with Gasteiger partial charge in [0, 0.05) is 23.4 Å². The fourth-order valence-electron chi connectivity index (χ4n) is 3.39. The van der Waals surface area contributed by atoms with E-state index in [1.165, 1.54) is 23.0 Å². The lowest BCUT2D eigenvalue weighted by atomic mass is 10.1. The molecule has 1 heterocycles. The van der Waals surface area contributed by atoms with E-state index in [-0.39, 0.29) is 23.2 Å². The minimum atomic E-state index is -0.402. The van der Waals surface area contributed by atoms with E-state index in [0.29, 0.717) is 17.9 Å². The first-order valence-electron chi connectivity index (χ1n) is 10.8. The third-order valence-corrected chi connectivity index (χ3v) is 5.39. The molecule has 4 rings (SSSR count). The molecule has 0 aliphatic heterocycles. The molecule has 0 unspecified atom stereocenters. The van der Waals surface area contributed by atoms with Gasteiger partial charge in [0.2, 0.25) is 5.91 Å². The van der Waals surface area contributed by atoms with Crippen LogP contribution in [0.4, 0.5) is 10.2 Å². The normalized spacial score (nSPS) is 10.9. The number of para-hydroxylation sites is 1. The van der Waals surface area contributed by atoms with Gasteiger partial charge in [-0.05, 0) is 42.0 Å². The van der Waals surface area contributed by atoms with Crippen LogP contribution >= 0.6 is 11.6 Å². The van der Waals surface area contributed by atoms with Crippen molar-refractivity contribution >= 4 is 29.4 Å². The number of carbonyl (C=O) groups is 1. The number of carbonyl (C=O) groups excluding carboxylic acids is 1. The summed E-state index contributed by atoms with van der Waals surface area (Å²) in [5.41, 5.74) is 2.11. The summed E-state index contributed by atoms with van der Waals surface area (Å²) >= 11 is 6.21. The van der Waals surface area contributed by atoms with E-state index in [0.717, 1.165) is 16.9 Å². The number of rotatable bonds is 9. The van der Waals surface area contributed by atoms with Crippen molar-refractivity contribution in [3.05, 3.63) is 113 Å². The van der Waals surface area contributed by atoms with Gasteiger partial charge in [-0.25, -0.2) is 4.39 Å². The highest BCUT2D eigenvalue weighted by atomic mass is 35.5. The molecule has 0 spiro atoms. The first-order valence-corrected chi connectivity index (χ1v) is 11.2. The number of benzene rings is 3. The highest BCUT2D eigenvalue weighted by Gasteiger charge is 2.11. The third kappa shape index (κ3) is 6.49. The minimum absolute atomic E-state index is 0.192. The molecule has 0 saturated heterocycles. The summed E-state index contributed by atoms with van der Waals surface area (Å²) in [4.78, 5) is 12.5. The Hall–Kier alpha value is -4.10. The maximum atomic E-state index is 13.9. The molecule has 1 N–H and O–H groups in total. The Morgan fingerprint density at radius 1 is 1.09 bits per heavy atom. The molecule has 1 amide bonds. The van der Waals surface area contributed by atoms with Crippen LogP contribution in [-0.4, -0.2) is 22.8 Å². The number of hydrogen-bond donors (Lipinski definition) is 1. The van der Waals surface area contributed by atoms with Gasteiger partial charge in [0.1, 0.15) is 28.9 Å². The number of aromatic nitrogens is 2. The summed E-state index contributed by atoms with van der Waals surface area (Å²) in [5, 5.41) is 7.16. The van der Waals surface area contributed by atoms with Gasteiger partial charge in [-0.1, -0.05) is 54.1 Å². The average Bonchev–Trinajstić information content (AvgIpc) is 3.21. The van der Waals surface area contributed by atoms with Crippen molar-refractivity contribution in [1.29, 1.82) is 0 Å². The molecule has 0 aliphatic rings. The van der Waals surface area contributed by atoms with Gasteiger partial charge < -0.3 is 14.8 Å². The van der Waals surface area contributed by atoms with E-state index in [1.807, 2.05) is 48.5 Å². The molecule has 4 aromatic rings. The first-order chi connectivity index (χ1) is 17.0. The summed E-state index contributed by atoms with van der Waals surface area (Å²) in [6, 6.07) is 21.4. The Balaban J connectivity index is 1.40. The van der Waals surface area contributed by atoms with Crippen LogP contribution in [-0.2, 0) is 17.9 Å². The van der Waals surface area contributed by atoms with Crippen LogP contribution in [0.2, 0.25) is 5.02 Å². The maximum absolute atomic E-state index is 13.9. The fraction of sp³-hybridized carbons (Fsp3) is 0.111. The molecule has 6 nitrogen and oxygen atoms in total. The van der Waals surface area contributed by atoms with Crippen LogP contribution in [0.15, 0.2) is 85.1 Å². The van der Waals surface area contributed by atoms with Gasteiger partial charge in [-0.3, -0.25) is 9.48 Å². The second kappa shape index (κ2) is 11.4. The van der Waals surface area contributed by atoms with E-state index in [1.54, 1.807) is 31.4 Å². The van der Waals surface area contributed by atoms with Crippen LogP contribution in [0.5, 0.6) is 11.5 Å². The van der Waals surface area contributed by atoms with Crippen molar-refractivity contribution in [1.82, 2.24) is 9.78 Å². The predicted octanol–water partition coefficient (Wildman–Crippen LogP) is 5.96. The molecule has 1 aromatic heterocycles. The zero-order valence-electron chi connectivity index (χ0n) is 18.9. The number of ether oxygens (including phenoxy) is 2. The molecular formula is C27H23ClFN3O3. The lowest BCUT2D eigenvalue weighted by Crippen LogP contribution is -2.10. The molecule has 0 fully saturated rings. The van der Waals surface area contributed by atoms with Crippen molar-refractivity contribution in [2.24, 2.45) is 0 Å². The highest BCUT2D eigenvalue weighted by molar-refractivity contribution is 6.33. The SMILES string of the molecule is COc1ccc(/C=C/C(=O)Nc2nn(Cc3ccccc3F)cc2Cl)cc1COc1ccccc1. The van der Waals surface area contributed by atoms with E-state index in [4.69, 9.17) is 21.1 Å². The predicted molar refractivity (Wildman–Crippen MR) is 134 cm³/mol. The quantitative estimate of drug-likeness (QED) is 0.293.